The van der Waals surface area contributed by atoms with Crippen molar-refractivity contribution in [2.24, 2.45) is 0 Å². The molecule has 2 aromatic heterocycles. The van der Waals surface area contributed by atoms with Gasteiger partial charge in [0.1, 0.15) is 5.01 Å². The number of nitrogens with one attached hydrogen (secondary N) is 1. The Hall–Kier alpha value is -1.77. The van der Waals surface area contributed by atoms with Crippen LogP contribution >= 0.6 is 34.4 Å². The highest BCUT2D eigenvalue weighted by Gasteiger charge is 2.10. The van der Waals surface area contributed by atoms with Crippen molar-refractivity contribution in [3.8, 4) is 11.3 Å². The Morgan fingerprint density at radius 2 is 2.04 bits per heavy atom. The number of hydrogen-bond acceptors (Lipinski definition) is 7. The molecule has 124 valence electrons. The summed E-state index contributed by atoms with van der Waals surface area (Å²) in [6.45, 7) is 6.06. The summed E-state index contributed by atoms with van der Waals surface area (Å²) in [6, 6.07) is 6.25. The van der Waals surface area contributed by atoms with Gasteiger partial charge in [-0.05, 0) is 38.0 Å². The number of anilines is 1. The monoisotopic (exact) mass is 376 g/mol. The molecule has 0 aliphatic rings. The van der Waals surface area contributed by atoms with Gasteiger partial charge in [0, 0.05) is 10.9 Å². The van der Waals surface area contributed by atoms with Gasteiger partial charge >= 0.3 is 0 Å². The largest absolute Gasteiger partial charge is 0.301 e. The second-order valence-corrected chi connectivity index (χ2v) is 8.52. The molecule has 0 aliphatic carbocycles. The molecule has 0 saturated carbocycles. The first-order valence-electron chi connectivity index (χ1n) is 7.27. The lowest BCUT2D eigenvalue weighted by Crippen LogP contribution is -2.13. The van der Waals surface area contributed by atoms with Crippen LogP contribution in [0.4, 0.5) is 5.13 Å². The highest BCUT2D eigenvalue weighted by Crippen LogP contribution is 2.27. The fourth-order valence-electron chi connectivity index (χ4n) is 1.98. The Labute approximate surface area is 152 Å². The van der Waals surface area contributed by atoms with Crippen LogP contribution in [0.25, 0.3) is 11.3 Å². The molecule has 0 unspecified atom stereocenters. The SMILES string of the molecule is Cc1nnc(SCC(=O)Nc2nc(-c3ccc(C)c(C)c3)cs2)s1. The van der Waals surface area contributed by atoms with Crippen molar-refractivity contribution in [2.45, 2.75) is 25.1 Å². The summed E-state index contributed by atoms with van der Waals surface area (Å²) < 4.78 is 0.803. The lowest BCUT2D eigenvalue weighted by molar-refractivity contribution is -0.113. The Morgan fingerprint density at radius 3 is 2.75 bits per heavy atom. The first kappa shape index (κ1) is 17.1. The maximum atomic E-state index is 12.0. The molecule has 0 bridgehead atoms. The second kappa shape index (κ2) is 7.42. The fourth-order valence-corrected chi connectivity index (χ4v) is 4.34. The van der Waals surface area contributed by atoms with Gasteiger partial charge in [-0.25, -0.2) is 4.98 Å². The normalized spacial score (nSPS) is 10.8. The number of carbonyl (C=O) groups is 1. The predicted molar refractivity (Wildman–Crippen MR) is 101 cm³/mol. The van der Waals surface area contributed by atoms with E-state index < -0.39 is 0 Å². The molecule has 1 N–H and O–H groups in total. The third-order valence-corrected chi connectivity index (χ3v) is 6.12. The topological polar surface area (TPSA) is 67.8 Å². The van der Waals surface area contributed by atoms with E-state index in [4.69, 9.17) is 0 Å². The van der Waals surface area contributed by atoms with Crippen molar-refractivity contribution < 1.29 is 4.79 Å². The van der Waals surface area contributed by atoms with E-state index in [1.807, 2.05) is 12.3 Å². The van der Waals surface area contributed by atoms with E-state index >= 15 is 0 Å². The maximum absolute atomic E-state index is 12.0. The van der Waals surface area contributed by atoms with Crippen molar-refractivity contribution in [2.75, 3.05) is 11.1 Å². The summed E-state index contributed by atoms with van der Waals surface area (Å²) in [5.41, 5.74) is 4.43. The lowest BCUT2D eigenvalue weighted by Gasteiger charge is -2.02. The fraction of sp³-hybridized carbons (Fsp3) is 0.250. The molecule has 0 atom stereocenters. The van der Waals surface area contributed by atoms with Crippen LogP contribution in [-0.2, 0) is 4.79 Å². The van der Waals surface area contributed by atoms with Crippen LogP contribution in [0, 0.1) is 20.8 Å². The molecular formula is C16H16N4OS3. The van der Waals surface area contributed by atoms with Gasteiger partial charge in [-0.15, -0.1) is 21.5 Å². The first-order valence-corrected chi connectivity index (χ1v) is 9.95. The first-order chi connectivity index (χ1) is 11.5. The number of aromatic nitrogens is 3. The third kappa shape index (κ3) is 4.19. The average molecular weight is 377 g/mol. The third-order valence-electron chi connectivity index (χ3n) is 3.39. The zero-order valence-corrected chi connectivity index (χ0v) is 15.9. The Kier molecular flexibility index (Phi) is 5.27. The number of nitrogens with zero attached hydrogens (tertiary/aromatic N) is 3. The Balaban J connectivity index is 1.60. The number of thioether (sulfide) groups is 1. The summed E-state index contributed by atoms with van der Waals surface area (Å²) in [7, 11) is 0. The molecule has 0 saturated heterocycles. The molecule has 24 heavy (non-hydrogen) atoms. The molecule has 1 aromatic carbocycles. The standard InChI is InChI=1S/C16H16N4OS3/c1-9-4-5-12(6-10(9)2)13-7-22-15(17-13)18-14(21)8-23-16-20-19-11(3)24-16/h4-7H,8H2,1-3H3,(H,17,18,21). The molecule has 0 aliphatic heterocycles. The quantitative estimate of drug-likeness (QED) is 0.672. The maximum Gasteiger partial charge on any atom is 0.236 e. The number of aryl methyl sites for hydroxylation is 3. The minimum atomic E-state index is -0.0890. The van der Waals surface area contributed by atoms with Gasteiger partial charge in [-0.3, -0.25) is 4.79 Å². The predicted octanol–water partition coefficient (Wildman–Crippen LogP) is 4.32. The van der Waals surface area contributed by atoms with E-state index in [0.717, 1.165) is 20.6 Å². The van der Waals surface area contributed by atoms with Crippen molar-refractivity contribution >= 4 is 45.5 Å². The van der Waals surface area contributed by atoms with E-state index in [0.29, 0.717) is 10.9 Å². The molecule has 8 heteroatoms. The van der Waals surface area contributed by atoms with Crippen LogP contribution in [0.15, 0.2) is 27.9 Å². The molecular weight excluding hydrogens is 360 g/mol. The summed E-state index contributed by atoms with van der Waals surface area (Å²) in [4.78, 5) is 16.5. The summed E-state index contributed by atoms with van der Waals surface area (Å²) in [5, 5.41) is 14.2. The number of amides is 1. The highest BCUT2D eigenvalue weighted by atomic mass is 32.2. The van der Waals surface area contributed by atoms with Gasteiger partial charge in [0.05, 0.1) is 11.4 Å². The van der Waals surface area contributed by atoms with Gasteiger partial charge in [0.2, 0.25) is 5.91 Å². The lowest BCUT2D eigenvalue weighted by atomic mass is 10.1. The highest BCUT2D eigenvalue weighted by molar-refractivity contribution is 8.01. The van der Waals surface area contributed by atoms with Crippen molar-refractivity contribution in [3.63, 3.8) is 0 Å². The van der Waals surface area contributed by atoms with E-state index in [2.05, 4.69) is 52.5 Å². The molecule has 3 rings (SSSR count). The van der Waals surface area contributed by atoms with Crippen LogP contribution < -0.4 is 5.32 Å². The van der Waals surface area contributed by atoms with E-state index in [1.165, 1.54) is 45.6 Å². The Bertz CT molecular complexity index is 872. The van der Waals surface area contributed by atoms with Gasteiger partial charge in [0.25, 0.3) is 0 Å². The summed E-state index contributed by atoms with van der Waals surface area (Å²) >= 11 is 4.30. The summed E-state index contributed by atoms with van der Waals surface area (Å²) in [6.07, 6.45) is 0. The minimum absolute atomic E-state index is 0.0890. The van der Waals surface area contributed by atoms with Crippen molar-refractivity contribution in [3.05, 3.63) is 39.7 Å². The number of thiazole rings is 1. The van der Waals surface area contributed by atoms with Gasteiger partial charge in [-0.2, -0.15) is 0 Å². The minimum Gasteiger partial charge on any atom is -0.301 e. The van der Waals surface area contributed by atoms with Crippen LogP contribution in [0.5, 0.6) is 0 Å². The van der Waals surface area contributed by atoms with Crippen LogP contribution in [-0.4, -0.2) is 26.8 Å². The van der Waals surface area contributed by atoms with Gasteiger partial charge < -0.3 is 5.32 Å². The average Bonchev–Trinajstić information content (AvgIpc) is 3.17. The number of carbonyl (C=O) groups excluding carboxylic acids is 1. The van der Waals surface area contributed by atoms with E-state index in [-0.39, 0.29) is 5.91 Å². The molecule has 0 fully saturated rings. The van der Waals surface area contributed by atoms with Crippen LogP contribution in [0.1, 0.15) is 16.1 Å². The number of hydrogen-bond donors (Lipinski definition) is 1. The van der Waals surface area contributed by atoms with Crippen LogP contribution in [0.2, 0.25) is 0 Å². The van der Waals surface area contributed by atoms with Crippen molar-refractivity contribution in [1.82, 2.24) is 15.2 Å². The summed E-state index contributed by atoms with van der Waals surface area (Å²) in [5.74, 6) is 0.210. The Morgan fingerprint density at radius 1 is 1.21 bits per heavy atom. The zero-order chi connectivity index (χ0) is 17.1. The molecule has 3 aromatic rings. The number of rotatable bonds is 5. The van der Waals surface area contributed by atoms with E-state index in [1.54, 1.807) is 0 Å². The zero-order valence-electron chi connectivity index (χ0n) is 13.5. The van der Waals surface area contributed by atoms with Crippen molar-refractivity contribution in [1.29, 1.82) is 0 Å². The smallest absolute Gasteiger partial charge is 0.236 e. The molecule has 2 heterocycles. The molecule has 0 spiro atoms. The van der Waals surface area contributed by atoms with E-state index in [9.17, 15) is 4.79 Å². The number of benzene rings is 1. The van der Waals surface area contributed by atoms with Gasteiger partial charge in [-0.1, -0.05) is 35.2 Å². The second-order valence-electron chi connectivity index (χ2n) is 5.26. The van der Waals surface area contributed by atoms with Gasteiger partial charge in [0.15, 0.2) is 9.47 Å². The molecule has 1 amide bonds. The molecule has 0 radical (unpaired) electrons. The molecule has 5 nitrogen and oxygen atoms in total. The van der Waals surface area contributed by atoms with Crippen LogP contribution in [0.3, 0.4) is 0 Å².